The van der Waals surface area contributed by atoms with Gasteiger partial charge < -0.3 is 16.0 Å². The van der Waals surface area contributed by atoms with E-state index < -0.39 is 10.3 Å². The van der Waals surface area contributed by atoms with Gasteiger partial charge in [-0.3, -0.25) is 4.79 Å². The molecule has 0 spiro atoms. The number of fused-ring (bicyclic) bond motifs is 2. The Kier molecular flexibility index (Phi) is 3.29. The average molecular weight is 281 g/mol. The Labute approximate surface area is 122 Å². The molecule has 3 rings (SSSR count). The molecule has 0 aromatic heterocycles. The molecule has 1 aliphatic rings. The van der Waals surface area contributed by atoms with Crippen molar-refractivity contribution in [3.8, 4) is 5.69 Å². The van der Waals surface area contributed by atoms with Gasteiger partial charge in [0.25, 0.3) is 0 Å². The van der Waals surface area contributed by atoms with E-state index in [2.05, 4.69) is 19.9 Å². The summed E-state index contributed by atoms with van der Waals surface area (Å²) in [7, 11) is -0.503. The quantitative estimate of drug-likeness (QED) is 0.649. The lowest BCUT2D eigenvalue weighted by Gasteiger charge is -2.33. The van der Waals surface area contributed by atoms with Crippen LogP contribution in [-0.2, 0) is 23.1 Å². The number of ketones is 1. The lowest BCUT2D eigenvalue weighted by molar-refractivity contribution is 0.103. The molecule has 0 amide bonds. The Morgan fingerprint density at radius 1 is 1.05 bits per heavy atom. The largest absolute Gasteiger partial charge is 0.400 e. The first-order valence-electron chi connectivity index (χ1n) is 6.95. The van der Waals surface area contributed by atoms with Crippen molar-refractivity contribution < 1.29 is 4.79 Å². The molecule has 0 fully saturated rings. The van der Waals surface area contributed by atoms with Crippen molar-refractivity contribution in [1.82, 2.24) is 0 Å². The highest BCUT2D eigenvalue weighted by Crippen LogP contribution is 2.34. The van der Waals surface area contributed by atoms with E-state index in [1.54, 1.807) is 0 Å². The summed E-state index contributed by atoms with van der Waals surface area (Å²) < 4.78 is 0. The van der Waals surface area contributed by atoms with Gasteiger partial charge in [-0.05, 0) is 24.5 Å². The van der Waals surface area contributed by atoms with Crippen LogP contribution in [0.3, 0.4) is 0 Å². The molecule has 102 valence electrons. The lowest BCUT2D eigenvalue weighted by Crippen LogP contribution is -2.17. The van der Waals surface area contributed by atoms with Crippen LogP contribution >= 0.6 is 0 Å². The normalized spacial score (nSPS) is 13.9. The van der Waals surface area contributed by atoms with Gasteiger partial charge in [-0.2, -0.15) is 0 Å². The molecule has 2 heteroatoms. The molecule has 20 heavy (non-hydrogen) atoms. The highest BCUT2D eigenvalue weighted by Gasteiger charge is 2.19. The van der Waals surface area contributed by atoms with E-state index in [-0.39, 0.29) is 5.78 Å². The number of carbonyl (C=O) groups excluding carboxylic acids is 1. The first kappa shape index (κ1) is 13.2. The number of benzene rings is 2. The standard InChI is InChI=1S/C18H17OS/c1-4-12-10-13(5-2)18-15(11-12)17(19)14-8-6-7-9-16(14)20(18)3/h3,6-11H,4-5H2,1-2H3/q-1. The molecule has 0 aliphatic carbocycles. The third-order valence-electron chi connectivity index (χ3n) is 3.85. The molecule has 0 saturated heterocycles. The minimum atomic E-state index is -0.503. The Balaban J connectivity index is 2.34. The molecule has 0 N–H and O–H groups in total. The summed E-state index contributed by atoms with van der Waals surface area (Å²) in [4.78, 5) is 14.8. The molecule has 0 unspecified atom stereocenters. The predicted octanol–water partition coefficient (Wildman–Crippen LogP) is 3.98. The third kappa shape index (κ3) is 1.84. The number of hydrogen-bond donors (Lipinski definition) is 0. The first-order valence-corrected chi connectivity index (χ1v) is 8.24. The minimum Gasteiger partial charge on any atom is -0.400 e. The monoisotopic (exact) mass is 281 g/mol. The van der Waals surface area contributed by atoms with Crippen LogP contribution in [0.4, 0.5) is 0 Å². The van der Waals surface area contributed by atoms with Crippen LogP contribution in [0.1, 0.15) is 40.9 Å². The molecule has 2 aromatic carbocycles. The van der Waals surface area contributed by atoms with Crippen molar-refractivity contribution in [1.29, 1.82) is 0 Å². The van der Waals surface area contributed by atoms with Crippen LogP contribution in [0.5, 0.6) is 0 Å². The van der Waals surface area contributed by atoms with Gasteiger partial charge in [0.15, 0.2) is 5.78 Å². The van der Waals surface area contributed by atoms with Crippen molar-refractivity contribution in [3.05, 3.63) is 58.7 Å². The van der Waals surface area contributed by atoms with Crippen molar-refractivity contribution in [2.24, 2.45) is 0 Å². The van der Waals surface area contributed by atoms with E-state index in [1.165, 1.54) is 11.1 Å². The summed E-state index contributed by atoms with van der Waals surface area (Å²) in [5.41, 5.74) is 10.5. The first-order chi connectivity index (χ1) is 9.67. The smallest absolute Gasteiger partial charge is 0.189 e. The number of carbonyl (C=O) groups is 1. The van der Waals surface area contributed by atoms with Gasteiger partial charge in [-0.15, -0.1) is 9.79 Å². The van der Waals surface area contributed by atoms with Crippen LogP contribution in [0.25, 0.3) is 0 Å². The molecule has 1 heterocycles. The Morgan fingerprint density at radius 3 is 2.50 bits per heavy atom. The second-order valence-corrected chi connectivity index (χ2v) is 6.53. The molecule has 2 aromatic rings. The number of rotatable bonds is 2. The molecule has 0 radical (unpaired) electrons. The molecular weight excluding hydrogens is 264 g/mol. The van der Waals surface area contributed by atoms with E-state index in [9.17, 15) is 4.79 Å². The zero-order valence-electron chi connectivity index (χ0n) is 11.8. The highest BCUT2D eigenvalue weighted by atomic mass is 32.2. The molecule has 1 aliphatic heterocycles. The summed E-state index contributed by atoms with van der Waals surface area (Å²) in [6.45, 7) is 4.24. The van der Waals surface area contributed by atoms with Gasteiger partial charge in [0, 0.05) is 11.1 Å². The van der Waals surface area contributed by atoms with Crippen LogP contribution < -0.4 is 0 Å². The van der Waals surface area contributed by atoms with Gasteiger partial charge in [0.1, 0.15) is 0 Å². The van der Waals surface area contributed by atoms with Gasteiger partial charge in [0.05, 0.1) is 0 Å². The summed E-state index contributed by atoms with van der Waals surface area (Å²) >= 11 is 0. The van der Waals surface area contributed by atoms with Gasteiger partial charge >= 0.3 is 0 Å². The summed E-state index contributed by atoms with van der Waals surface area (Å²) in [5.74, 6) is 0.120. The van der Waals surface area contributed by atoms with Crippen molar-refractivity contribution >= 4 is 16.1 Å². The Bertz CT molecular complexity index is 778. The third-order valence-corrected chi connectivity index (χ3v) is 5.60. The second kappa shape index (κ2) is 4.97. The number of hydrogen-bond acceptors (Lipinski definition) is 2. The van der Waals surface area contributed by atoms with Gasteiger partial charge in [-0.25, -0.2) is 0 Å². The zero-order chi connectivity index (χ0) is 14.3. The van der Waals surface area contributed by atoms with E-state index in [1.807, 2.05) is 30.3 Å². The van der Waals surface area contributed by atoms with Crippen molar-refractivity contribution in [2.75, 3.05) is 0 Å². The van der Waals surface area contributed by atoms with E-state index >= 15 is 0 Å². The molecular formula is C18H17OS-. The van der Waals surface area contributed by atoms with Gasteiger partial charge in [0.2, 0.25) is 0 Å². The fraction of sp³-hybridized carbons (Fsp3) is 0.222. The second-order valence-electron chi connectivity index (χ2n) is 5.00. The maximum Gasteiger partial charge on any atom is 0.189 e. The molecule has 0 atom stereocenters. The van der Waals surface area contributed by atoms with Crippen LogP contribution in [0.15, 0.2) is 46.2 Å². The summed E-state index contributed by atoms with van der Waals surface area (Å²) in [6.07, 6.45) is 1.85. The fourth-order valence-corrected chi connectivity index (χ4v) is 4.47. The summed E-state index contributed by atoms with van der Waals surface area (Å²) in [6, 6.07) is 12.0. The molecule has 1 nitrogen and oxygen atoms in total. The van der Waals surface area contributed by atoms with E-state index in [4.69, 9.17) is 5.69 Å². The Hall–Kier alpha value is -1.76. The zero-order valence-corrected chi connectivity index (χ0v) is 12.6. The van der Waals surface area contributed by atoms with E-state index in [0.29, 0.717) is 0 Å². The lowest BCUT2D eigenvalue weighted by atomic mass is 9.96. The number of aryl methyl sites for hydroxylation is 2. The maximum atomic E-state index is 12.7. The predicted molar refractivity (Wildman–Crippen MR) is 83.9 cm³/mol. The topological polar surface area (TPSA) is 17.1 Å². The van der Waals surface area contributed by atoms with Crippen LogP contribution in [0, 0.1) is 5.69 Å². The van der Waals surface area contributed by atoms with E-state index in [0.717, 1.165) is 33.8 Å². The fourth-order valence-electron chi connectivity index (χ4n) is 2.75. The highest BCUT2D eigenvalue weighted by molar-refractivity contribution is 7.86. The SMILES string of the molecule is C#[S-]1c2ccccc2C(=O)c2cc(CC)cc(CC)c21. The maximum absolute atomic E-state index is 12.7. The Morgan fingerprint density at radius 2 is 1.80 bits per heavy atom. The molecule has 0 saturated carbocycles. The van der Waals surface area contributed by atoms with Crippen LogP contribution in [0.2, 0.25) is 0 Å². The van der Waals surface area contributed by atoms with Crippen LogP contribution in [-0.4, -0.2) is 5.78 Å². The summed E-state index contributed by atoms with van der Waals surface area (Å²) in [5, 5.41) is 0. The van der Waals surface area contributed by atoms with Crippen molar-refractivity contribution in [2.45, 2.75) is 36.5 Å². The average Bonchev–Trinajstić information content (AvgIpc) is 2.51. The molecule has 0 bridgehead atoms. The van der Waals surface area contributed by atoms with Gasteiger partial charge in [-0.1, -0.05) is 49.7 Å². The van der Waals surface area contributed by atoms with Crippen molar-refractivity contribution in [3.63, 3.8) is 0 Å². The minimum absolute atomic E-state index is 0.120.